The largest absolute Gasteiger partial charge is 0.379 e. The number of aromatic nitrogens is 2. The number of aryl methyl sites for hydroxylation is 1. The Balaban J connectivity index is 1.69. The predicted octanol–water partition coefficient (Wildman–Crippen LogP) is 2.97. The molecule has 1 saturated heterocycles. The van der Waals surface area contributed by atoms with Crippen LogP contribution in [-0.4, -0.2) is 59.5 Å². The maximum Gasteiger partial charge on any atom is 0.254 e. The van der Waals surface area contributed by atoms with Crippen LogP contribution >= 0.6 is 0 Å². The van der Waals surface area contributed by atoms with E-state index in [1.165, 1.54) is 0 Å². The standard InChI is InChI=1S/C22H32N4O2/c1-16(2)13-19(25-9-11-28-12-10-25)14-23-22(27)20-15-24-26(18(20)4)21-8-6-5-7-17(21)3/h5-8,15-16,19H,9-14H2,1-4H3,(H,23,27). The van der Waals surface area contributed by atoms with Gasteiger partial charge in [0.25, 0.3) is 5.91 Å². The molecule has 2 aromatic rings. The molecule has 6 heteroatoms. The number of hydrogen-bond acceptors (Lipinski definition) is 4. The second-order valence-corrected chi connectivity index (χ2v) is 7.98. The first-order valence-electron chi connectivity index (χ1n) is 10.2. The predicted molar refractivity (Wildman–Crippen MR) is 111 cm³/mol. The summed E-state index contributed by atoms with van der Waals surface area (Å²) in [5.41, 5.74) is 3.63. The summed E-state index contributed by atoms with van der Waals surface area (Å²) >= 11 is 0. The first-order chi connectivity index (χ1) is 13.5. The van der Waals surface area contributed by atoms with Crippen molar-refractivity contribution in [1.82, 2.24) is 20.0 Å². The number of carbonyl (C=O) groups excluding carboxylic acids is 1. The van der Waals surface area contributed by atoms with Crippen LogP contribution in [0, 0.1) is 19.8 Å². The van der Waals surface area contributed by atoms with E-state index in [0.29, 0.717) is 24.1 Å². The van der Waals surface area contributed by atoms with Gasteiger partial charge < -0.3 is 10.1 Å². The molecule has 0 radical (unpaired) electrons. The maximum absolute atomic E-state index is 12.9. The summed E-state index contributed by atoms with van der Waals surface area (Å²) in [6.07, 6.45) is 2.73. The van der Waals surface area contributed by atoms with Crippen molar-refractivity contribution in [2.24, 2.45) is 5.92 Å². The monoisotopic (exact) mass is 384 g/mol. The van der Waals surface area contributed by atoms with E-state index in [-0.39, 0.29) is 5.91 Å². The molecule has 1 atom stereocenters. The smallest absolute Gasteiger partial charge is 0.254 e. The third-order valence-corrected chi connectivity index (χ3v) is 5.40. The molecule has 2 heterocycles. The molecule has 28 heavy (non-hydrogen) atoms. The molecule has 1 aromatic carbocycles. The van der Waals surface area contributed by atoms with E-state index < -0.39 is 0 Å². The summed E-state index contributed by atoms with van der Waals surface area (Å²) < 4.78 is 7.32. The van der Waals surface area contributed by atoms with Crippen LogP contribution in [0.15, 0.2) is 30.5 Å². The van der Waals surface area contributed by atoms with Crippen LogP contribution in [0.2, 0.25) is 0 Å². The van der Waals surface area contributed by atoms with Crippen molar-refractivity contribution in [3.05, 3.63) is 47.3 Å². The lowest BCUT2D eigenvalue weighted by molar-refractivity contribution is 0.0124. The van der Waals surface area contributed by atoms with E-state index in [4.69, 9.17) is 4.74 Å². The second-order valence-electron chi connectivity index (χ2n) is 7.98. The zero-order chi connectivity index (χ0) is 20.1. The highest BCUT2D eigenvalue weighted by atomic mass is 16.5. The van der Waals surface area contributed by atoms with Gasteiger partial charge in [0, 0.05) is 25.7 Å². The fourth-order valence-electron chi connectivity index (χ4n) is 3.83. The summed E-state index contributed by atoms with van der Waals surface area (Å²) in [6, 6.07) is 8.40. The molecule has 1 N–H and O–H groups in total. The van der Waals surface area contributed by atoms with Crippen LogP contribution in [0.25, 0.3) is 5.69 Å². The van der Waals surface area contributed by atoms with Crippen molar-refractivity contribution in [3.63, 3.8) is 0 Å². The third kappa shape index (κ3) is 4.80. The normalized spacial score (nSPS) is 16.3. The zero-order valence-electron chi connectivity index (χ0n) is 17.4. The van der Waals surface area contributed by atoms with Gasteiger partial charge in [-0.15, -0.1) is 0 Å². The summed E-state index contributed by atoms with van der Waals surface area (Å²) in [5.74, 6) is 0.523. The molecule has 0 bridgehead atoms. The number of amides is 1. The number of para-hydroxylation sites is 1. The Hall–Kier alpha value is -2.18. The molecular formula is C22H32N4O2. The molecule has 1 aromatic heterocycles. The van der Waals surface area contributed by atoms with Crippen molar-refractivity contribution in [3.8, 4) is 5.69 Å². The fraction of sp³-hybridized carbons (Fsp3) is 0.545. The fourth-order valence-corrected chi connectivity index (χ4v) is 3.83. The van der Waals surface area contributed by atoms with E-state index in [1.807, 2.05) is 29.8 Å². The highest BCUT2D eigenvalue weighted by Gasteiger charge is 2.23. The Morgan fingerprint density at radius 3 is 2.61 bits per heavy atom. The maximum atomic E-state index is 12.9. The lowest BCUT2D eigenvalue weighted by Crippen LogP contribution is -2.49. The number of nitrogens with zero attached hydrogens (tertiary/aromatic N) is 3. The van der Waals surface area contributed by atoms with Crippen molar-refractivity contribution in [2.45, 2.75) is 40.2 Å². The summed E-state index contributed by atoms with van der Waals surface area (Å²) in [4.78, 5) is 15.3. The molecule has 6 nitrogen and oxygen atoms in total. The lowest BCUT2D eigenvalue weighted by atomic mass is 10.0. The third-order valence-electron chi connectivity index (χ3n) is 5.40. The average Bonchev–Trinajstić information content (AvgIpc) is 3.07. The van der Waals surface area contributed by atoms with Crippen molar-refractivity contribution >= 4 is 5.91 Å². The minimum absolute atomic E-state index is 0.0562. The summed E-state index contributed by atoms with van der Waals surface area (Å²) in [5, 5.41) is 7.61. The molecule has 1 unspecified atom stereocenters. The van der Waals surface area contributed by atoms with Gasteiger partial charge in [-0.2, -0.15) is 5.10 Å². The SMILES string of the molecule is Cc1ccccc1-n1ncc(C(=O)NCC(CC(C)C)N2CCOCC2)c1C. The van der Waals surface area contributed by atoms with Gasteiger partial charge >= 0.3 is 0 Å². The molecule has 3 rings (SSSR count). The second kappa shape index (κ2) is 9.34. The number of carbonyl (C=O) groups is 1. The molecule has 1 amide bonds. The molecule has 0 spiro atoms. The zero-order valence-corrected chi connectivity index (χ0v) is 17.4. The first kappa shape index (κ1) is 20.6. The molecule has 0 saturated carbocycles. The van der Waals surface area contributed by atoms with Gasteiger partial charge in [0.2, 0.25) is 0 Å². The number of hydrogen-bond donors (Lipinski definition) is 1. The molecule has 1 aliphatic heterocycles. The number of benzene rings is 1. The van der Waals surface area contributed by atoms with E-state index in [2.05, 4.69) is 42.2 Å². The average molecular weight is 385 g/mol. The quantitative estimate of drug-likeness (QED) is 0.797. The van der Waals surface area contributed by atoms with Gasteiger partial charge in [-0.25, -0.2) is 4.68 Å². The number of rotatable bonds is 7. The van der Waals surface area contributed by atoms with Gasteiger partial charge in [-0.1, -0.05) is 32.0 Å². The molecule has 152 valence electrons. The Bertz CT molecular complexity index is 794. The topological polar surface area (TPSA) is 59.4 Å². The Kier molecular flexibility index (Phi) is 6.86. The van der Waals surface area contributed by atoms with E-state index in [0.717, 1.165) is 49.7 Å². The molecule has 1 aliphatic rings. The molecule has 1 fully saturated rings. The van der Waals surface area contributed by atoms with Crippen LogP contribution in [-0.2, 0) is 4.74 Å². The highest BCUT2D eigenvalue weighted by molar-refractivity contribution is 5.95. The Morgan fingerprint density at radius 2 is 1.93 bits per heavy atom. The highest BCUT2D eigenvalue weighted by Crippen LogP contribution is 2.18. The summed E-state index contributed by atoms with van der Waals surface area (Å²) in [6.45, 7) is 12.5. The van der Waals surface area contributed by atoms with Gasteiger partial charge in [0.05, 0.1) is 36.4 Å². The molecular weight excluding hydrogens is 352 g/mol. The van der Waals surface area contributed by atoms with Gasteiger partial charge in [-0.05, 0) is 37.8 Å². The van der Waals surface area contributed by atoms with Crippen LogP contribution in [0.4, 0.5) is 0 Å². The minimum atomic E-state index is -0.0562. The van der Waals surface area contributed by atoms with Crippen LogP contribution in [0.5, 0.6) is 0 Å². The van der Waals surface area contributed by atoms with E-state index >= 15 is 0 Å². The van der Waals surface area contributed by atoms with Crippen LogP contribution < -0.4 is 5.32 Å². The Morgan fingerprint density at radius 1 is 1.21 bits per heavy atom. The van der Waals surface area contributed by atoms with Gasteiger partial charge in [0.1, 0.15) is 0 Å². The van der Waals surface area contributed by atoms with Crippen molar-refractivity contribution in [1.29, 1.82) is 0 Å². The first-order valence-corrected chi connectivity index (χ1v) is 10.2. The van der Waals surface area contributed by atoms with Crippen LogP contribution in [0.1, 0.15) is 41.9 Å². The lowest BCUT2D eigenvalue weighted by Gasteiger charge is -2.35. The number of ether oxygens (including phenoxy) is 1. The summed E-state index contributed by atoms with van der Waals surface area (Å²) in [7, 11) is 0. The van der Waals surface area contributed by atoms with Gasteiger partial charge in [0.15, 0.2) is 0 Å². The van der Waals surface area contributed by atoms with Crippen LogP contribution in [0.3, 0.4) is 0 Å². The van der Waals surface area contributed by atoms with E-state index in [9.17, 15) is 4.79 Å². The molecule has 0 aliphatic carbocycles. The van der Waals surface area contributed by atoms with Crippen molar-refractivity contribution < 1.29 is 9.53 Å². The number of morpholine rings is 1. The van der Waals surface area contributed by atoms with E-state index in [1.54, 1.807) is 6.20 Å². The minimum Gasteiger partial charge on any atom is -0.379 e. The van der Waals surface area contributed by atoms with Crippen molar-refractivity contribution in [2.75, 3.05) is 32.8 Å². The van der Waals surface area contributed by atoms with Gasteiger partial charge in [-0.3, -0.25) is 9.69 Å². The number of nitrogens with one attached hydrogen (secondary N) is 1. The Labute approximate surface area is 167 Å².